The average Bonchev–Trinajstić information content (AvgIpc) is 2.04. The van der Waals surface area contributed by atoms with E-state index in [1.54, 1.807) is 0 Å². The van der Waals surface area contributed by atoms with E-state index in [1.165, 1.54) is 6.92 Å². The SMILES string of the molecule is CC([N+](=O)[O-])P1(=O)OCCCO1. The Morgan fingerprint density at radius 3 is 2.42 bits per heavy atom. The fourth-order valence-corrected chi connectivity index (χ4v) is 2.32. The van der Waals surface area contributed by atoms with E-state index in [-0.39, 0.29) is 13.2 Å². The monoisotopic (exact) mass is 195 g/mol. The van der Waals surface area contributed by atoms with Crippen molar-refractivity contribution in [3.63, 3.8) is 0 Å². The second kappa shape index (κ2) is 3.51. The molecular weight excluding hydrogens is 185 g/mol. The molecule has 0 saturated carbocycles. The summed E-state index contributed by atoms with van der Waals surface area (Å²) in [7, 11) is -3.46. The number of rotatable bonds is 2. The van der Waals surface area contributed by atoms with Crippen molar-refractivity contribution in [3.05, 3.63) is 10.1 Å². The third-order valence-electron chi connectivity index (χ3n) is 1.59. The molecule has 0 aromatic carbocycles. The number of nitrogens with zero attached hydrogens (tertiary/aromatic N) is 1. The van der Waals surface area contributed by atoms with Crippen LogP contribution in [0.15, 0.2) is 0 Å². The smallest absolute Gasteiger partial charge is 0.304 e. The Bertz CT molecular complexity index is 220. The van der Waals surface area contributed by atoms with Crippen LogP contribution in [0.1, 0.15) is 13.3 Å². The zero-order valence-corrected chi connectivity index (χ0v) is 7.53. The summed E-state index contributed by atoms with van der Waals surface area (Å²) < 4.78 is 21.0. The van der Waals surface area contributed by atoms with Crippen LogP contribution >= 0.6 is 7.60 Å². The van der Waals surface area contributed by atoms with E-state index in [1.807, 2.05) is 0 Å². The van der Waals surface area contributed by atoms with Crippen molar-refractivity contribution < 1.29 is 18.5 Å². The summed E-state index contributed by atoms with van der Waals surface area (Å²) in [5.74, 6) is -1.27. The van der Waals surface area contributed by atoms with Gasteiger partial charge >= 0.3 is 13.4 Å². The maximum Gasteiger partial charge on any atom is 0.403 e. The molecule has 1 heterocycles. The summed E-state index contributed by atoms with van der Waals surface area (Å²) in [6, 6.07) is 0. The van der Waals surface area contributed by atoms with Crippen molar-refractivity contribution in [2.75, 3.05) is 13.2 Å². The first-order valence-electron chi connectivity index (χ1n) is 3.58. The van der Waals surface area contributed by atoms with E-state index in [0.29, 0.717) is 6.42 Å². The second-order valence-electron chi connectivity index (χ2n) is 2.48. The summed E-state index contributed by atoms with van der Waals surface area (Å²) in [6.07, 6.45) is 0.633. The van der Waals surface area contributed by atoms with Gasteiger partial charge in [-0.1, -0.05) is 0 Å². The van der Waals surface area contributed by atoms with Gasteiger partial charge in [0.05, 0.1) is 13.2 Å². The van der Waals surface area contributed by atoms with Crippen molar-refractivity contribution in [2.45, 2.75) is 19.1 Å². The maximum atomic E-state index is 11.5. The van der Waals surface area contributed by atoms with Gasteiger partial charge in [0.1, 0.15) is 0 Å². The Balaban J connectivity index is 2.69. The van der Waals surface area contributed by atoms with Gasteiger partial charge in [0.25, 0.3) is 0 Å². The zero-order chi connectivity index (χ0) is 9.19. The van der Waals surface area contributed by atoms with Crippen LogP contribution in [-0.2, 0) is 13.6 Å². The summed E-state index contributed by atoms with van der Waals surface area (Å²) in [5.41, 5.74) is 0. The highest BCUT2D eigenvalue weighted by atomic mass is 31.2. The largest absolute Gasteiger partial charge is 0.403 e. The Labute approximate surface area is 69.5 Å². The van der Waals surface area contributed by atoms with Crippen LogP contribution in [0, 0.1) is 10.1 Å². The van der Waals surface area contributed by atoms with Crippen LogP contribution in [-0.4, -0.2) is 23.9 Å². The fourth-order valence-electron chi connectivity index (χ4n) is 0.811. The van der Waals surface area contributed by atoms with E-state index in [0.717, 1.165) is 0 Å². The normalized spacial score (nSPS) is 24.8. The van der Waals surface area contributed by atoms with Crippen LogP contribution in [0.3, 0.4) is 0 Å². The predicted octanol–water partition coefficient (Wildman–Crippen LogP) is 1.24. The predicted molar refractivity (Wildman–Crippen MR) is 40.6 cm³/mol. The first-order chi connectivity index (χ1) is 5.56. The van der Waals surface area contributed by atoms with Crippen LogP contribution in [0.25, 0.3) is 0 Å². The van der Waals surface area contributed by atoms with Crippen molar-refractivity contribution in [1.82, 2.24) is 0 Å². The number of nitro groups is 1. The van der Waals surface area contributed by atoms with Crippen molar-refractivity contribution in [2.24, 2.45) is 0 Å². The lowest BCUT2D eigenvalue weighted by Crippen LogP contribution is -2.22. The van der Waals surface area contributed by atoms with Crippen LogP contribution in [0.2, 0.25) is 0 Å². The molecule has 0 aromatic rings. The lowest BCUT2D eigenvalue weighted by Gasteiger charge is -2.22. The van der Waals surface area contributed by atoms with Gasteiger partial charge in [0, 0.05) is 11.8 Å². The quantitative estimate of drug-likeness (QED) is 0.376. The lowest BCUT2D eigenvalue weighted by atomic mass is 10.5. The zero-order valence-electron chi connectivity index (χ0n) is 6.63. The Hall–Kier alpha value is -0.450. The van der Waals surface area contributed by atoms with Crippen LogP contribution < -0.4 is 0 Å². The van der Waals surface area contributed by atoms with Crippen molar-refractivity contribution in [3.8, 4) is 0 Å². The molecule has 1 aliphatic heterocycles. The molecule has 7 heteroatoms. The highest BCUT2D eigenvalue weighted by molar-refractivity contribution is 7.54. The summed E-state index contributed by atoms with van der Waals surface area (Å²) >= 11 is 0. The van der Waals surface area contributed by atoms with Crippen LogP contribution in [0.5, 0.6) is 0 Å². The molecule has 0 aromatic heterocycles. The molecule has 70 valence electrons. The molecule has 0 radical (unpaired) electrons. The van der Waals surface area contributed by atoms with E-state index >= 15 is 0 Å². The topological polar surface area (TPSA) is 78.7 Å². The van der Waals surface area contributed by atoms with Gasteiger partial charge in [-0.2, -0.15) is 0 Å². The first kappa shape index (κ1) is 9.64. The Morgan fingerprint density at radius 1 is 1.50 bits per heavy atom. The molecule has 1 aliphatic rings. The molecule has 12 heavy (non-hydrogen) atoms. The molecular formula is C5H10NO5P. The summed E-state index contributed by atoms with van der Waals surface area (Å²) in [5, 5.41) is 10.3. The summed E-state index contributed by atoms with van der Waals surface area (Å²) in [4.78, 5) is 9.63. The van der Waals surface area contributed by atoms with Gasteiger partial charge in [-0.25, -0.2) is 0 Å². The molecule has 0 aliphatic carbocycles. The number of hydrogen-bond donors (Lipinski definition) is 0. The minimum absolute atomic E-state index is 0.273. The Kier molecular flexibility index (Phi) is 2.82. The molecule has 1 fully saturated rings. The lowest BCUT2D eigenvalue weighted by molar-refractivity contribution is -0.497. The molecule has 1 unspecified atom stereocenters. The van der Waals surface area contributed by atoms with Crippen molar-refractivity contribution >= 4 is 7.60 Å². The minimum atomic E-state index is -3.46. The molecule has 6 nitrogen and oxygen atoms in total. The third-order valence-corrected chi connectivity index (χ3v) is 3.78. The van der Waals surface area contributed by atoms with E-state index in [9.17, 15) is 14.7 Å². The molecule has 1 rings (SSSR count). The fraction of sp³-hybridized carbons (Fsp3) is 1.00. The van der Waals surface area contributed by atoms with Gasteiger partial charge in [-0.3, -0.25) is 14.7 Å². The average molecular weight is 195 g/mol. The number of hydrogen-bond acceptors (Lipinski definition) is 5. The molecule has 0 bridgehead atoms. The highest BCUT2D eigenvalue weighted by Gasteiger charge is 2.43. The third kappa shape index (κ3) is 1.83. The highest BCUT2D eigenvalue weighted by Crippen LogP contribution is 2.54. The molecule has 1 saturated heterocycles. The van der Waals surface area contributed by atoms with E-state index in [4.69, 9.17) is 9.05 Å². The van der Waals surface area contributed by atoms with Gasteiger partial charge in [-0.05, 0) is 6.42 Å². The maximum absolute atomic E-state index is 11.5. The minimum Gasteiger partial charge on any atom is -0.304 e. The Morgan fingerprint density at radius 2 is 2.00 bits per heavy atom. The van der Waals surface area contributed by atoms with E-state index in [2.05, 4.69) is 0 Å². The van der Waals surface area contributed by atoms with Crippen molar-refractivity contribution in [1.29, 1.82) is 0 Å². The standard InChI is InChI=1S/C5H10NO5P/c1-5(6(7)8)12(9)10-3-2-4-11-12/h5H,2-4H2,1H3. The molecule has 0 spiro atoms. The van der Waals surface area contributed by atoms with Crippen LogP contribution in [0.4, 0.5) is 0 Å². The van der Waals surface area contributed by atoms with E-state index < -0.39 is 18.3 Å². The molecule has 1 atom stereocenters. The molecule has 0 amide bonds. The molecule has 0 N–H and O–H groups in total. The van der Waals surface area contributed by atoms with Gasteiger partial charge in [-0.15, -0.1) is 0 Å². The van der Waals surface area contributed by atoms with Gasteiger partial charge < -0.3 is 9.05 Å². The second-order valence-corrected chi connectivity index (χ2v) is 4.82. The van der Waals surface area contributed by atoms with Gasteiger partial charge in [0.2, 0.25) is 0 Å². The van der Waals surface area contributed by atoms with Gasteiger partial charge in [0.15, 0.2) is 0 Å². The summed E-state index contributed by atoms with van der Waals surface area (Å²) in [6.45, 7) is 1.77. The first-order valence-corrected chi connectivity index (χ1v) is 5.20.